The Kier molecular flexibility index (Phi) is 4.78. The Morgan fingerprint density at radius 3 is 2.42 bits per heavy atom. The molecule has 0 heterocycles. The number of carbonyl (C=O) groups is 1. The summed E-state index contributed by atoms with van der Waals surface area (Å²) in [6.45, 7) is 2.10. The molecule has 0 radical (unpaired) electrons. The Morgan fingerprint density at radius 1 is 1.16 bits per heavy atom. The lowest BCUT2D eigenvalue weighted by molar-refractivity contribution is -0.114. The maximum atomic E-state index is 12.2. The third-order valence-electron chi connectivity index (χ3n) is 4.07. The molecule has 1 aliphatic rings. The number of anilines is 1. The van der Waals surface area contributed by atoms with Gasteiger partial charge in [0.25, 0.3) is 5.91 Å². The average Bonchev–Trinajstić information content (AvgIpc) is 2.48. The van der Waals surface area contributed by atoms with E-state index in [4.69, 9.17) is 0 Å². The zero-order valence-corrected chi connectivity index (χ0v) is 11.9. The lowest BCUT2D eigenvalue weighted by atomic mass is 9.84. The summed E-state index contributed by atoms with van der Waals surface area (Å²) >= 11 is 0. The van der Waals surface area contributed by atoms with Gasteiger partial charge in [0.15, 0.2) is 0 Å². The van der Waals surface area contributed by atoms with Crippen LogP contribution in [0, 0.1) is 5.92 Å². The summed E-state index contributed by atoms with van der Waals surface area (Å²) in [5.41, 5.74) is 2.19. The van der Waals surface area contributed by atoms with E-state index in [0.29, 0.717) is 5.92 Å². The van der Waals surface area contributed by atoms with Gasteiger partial charge in [-0.1, -0.05) is 43.0 Å². The van der Waals surface area contributed by atoms with Crippen LogP contribution in [0.1, 0.15) is 39.0 Å². The van der Waals surface area contributed by atoms with E-state index in [2.05, 4.69) is 6.92 Å². The van der Waals surface area contributed by atoms with Crippen LogP contribution in [0.25, 0.3) is 0 Å². The number of benzene rings is 1. The number of hydrogen-bond donors (Lipinski definition) is 0. The van der Waals surface area contributed by atoms with Crippen molar-refractivity contribution in [2.75, 3.05) is 11.9 Å². The largest absolute Gasteiger partial charge is 0.312 e. The number of rotatable bonds is 3. The van der Waals surface area contributed by atoms with Gasteiger partial charge in [0, 0.05) is 18.8 Å². The van der Waals surface area contributed by atoms with Gasteiger partial charge in [0.1, 0.15) is 0 Å². The molecule has 0 N–H and O–H groups in total. The summed E-state index contributed by atoms with van der Waals surface area (Å²) in [6.07, 6.45) is 8.26. The number of para-hydroxylation sites is 1. The van der Waals surface area contributed by atoms with Gasteiger partial charge in [-0.3, -0.25) is 4.79 Å². The molecule has 0 bridgehead atoms. The SMILES string of the molecule is C/C(=C/C(=O)N(C)c1ccccc1)C1CCCCC1. The highest BCUT2D eigenvalue weighted by molar-refractivity contribution is 6.01. The van der Waals surface area contributed by atoms with Crippen LogP contribution in [0.4, 0.5) is 5.69 Å². The van der Waals surface area contributed by atoms with Crippen molar-refractivity contribution in [2.45, 2.75) is 39.0 Å². The molecule has 2 nitrogen and oxygen atoms in total. The highest BCUT2D eigenvalue weighted by Gasteiger charge is 2.16. The number of nitrogens with zero attached hydrogens (tertiary/aromatic N) is 1. The number of hydrogen-bond acceptors (Lipinski definition) is 1. The summed E-state index contributed by atoms with van der Waals surface area (Å²) in [5, 5.41) is 0. The molecule has 1 aromatic carbocycles. The smallest absolute Gasteiger partial charge is 0.250 e. The van der Waals surface area contributed by atoms with Gasteiger partial charge in [0.05, 0.1) is 0 Å². The van der Waals surface area contributed by atoms with Gasteiger partial charge in [-0.15, -0.1) is 0 Å². The molecule has 1 fully saturated rings. The highest BCUT2D eigenvalue weighted by atomic mass is 16.2. The molecule has 2 heteroatoms. The maximum Gasteiger partial charge on any atom is 0.250 e. The predicted octanol–water partition coefficient (Wildman–Crippen LogP) is 4.18. The third kappa shape index (κ3) is 3.69. The summed E-state index contributed by atoms with van der Waals surface area (Å²) < 4.78 is 0. The molecule has 0 atom stereocenters. The van der Waals surface area contributed by atoms with E-state index in [1.54, 1.807) is 4.90 Å². The fourth-order valence-corrected chi connectivity index (χ4v) is 2.75. The summed E-state index contributed by atoms with van der Waals surface area (Å²) in [4.78, 5) is 14.0. The number of allylic oxidation sites excluding steroid dienone is 1. The molecule has 102 valence electrons. The van der Waals surface area contributed by atoms with E-state index in [-0.39, 0.29) is 5.91 Å². The van der Waals surface area contributed by atoms with Crippen LogP contribution in [0.5, 0.6) is 0 Å². The molecule has 1 saturated carbocycles. The summed E-state index contributed by atoms with van der Waals surface area (Å²) in [7, 11) is 1.84. The van der Waals surface area contributed by atoms with Crippen LogP contribution >= 0.6 is 0 Å². The Labute approximate surface area is 116 Å². The van der Waals surface area contributed by atoms with Gasteiger partial charge < -0.3 is 4.90 Å². The molecule has 1 aliphatic carbocycles. The van der Waals surface area contributed by atoms with Crippen LogP contribution in [0.15, 0.2) is 42.0 Å². The molecule has 19 heavy (non-hydrogen) atoms. The topological polar surface area (TPSA) is 20.3 Å². The third-order valence-corrected chi connectivity index (χ3v) is 4.07. The standard InChI is InChI=1S/C17H23NO/c1-14(15-9-5-3-6-10-15)13-17(19)18(2)16-11-7-4-8-12-16/h4,7-8,11-13,15H,3,5-6,9-10H2,1-2H3/b14-13-. The maximum absolute atomic E-state index is 12.2. The molecule has 0 spiro atoms. The van der Waals surface area contributed by atoms with Crippen LogP contribution in [-0.2, 0) is 4.79 Å². The second-order valence-electron chi connectivity index (χ2n) is 5.46. The molecule has 0 aliphatic heterocycles. The lowest BCUT2D eigenvalue weighted by Crippen LogP contribution is -2.25. The van der Waals surface area contributed by atoms with Gasteiger partial charge in [-0.2, -0.15) is 0 Å². The van der Waals surface area contributed by atoms with Crippen LogP contribution in [-0.4, -0.2) is 13.0 Å². The van der Waals surface area contributed by atoms with E-state index in [1.165, 1.54) is 37.7 Å². The molecule has 2 rings (SSSR count). The fourth-order valence-electron chi connectivity index (χ4n) is 2.75. The highest BCUT2D eigenvalue weighted by Crippen LogP contribution is 2.29. The van der Waals surface area contributed by atoms with Crippen LogP contribution in [0.3, 0.4) is 0 Å². The van der Waals surface area contributed by atoms with Gasteiger partial charge in [-0.05, 0) is 37.8 Å². The molecule has 1 aromatic rings. The quantitative estimate of drug-likeness (QED) is 0.744. The fraction of sp³-hybridized carbons (Fsp3) is 0.471. The Bertz CT molecular complexity index is 444. The minimum atomic E-state index is 0.0780. The van der Waals surface area contributed by atoms with E-state index in [9.17, 15) is 4.79 Å². The molecular formula is C17H23NO. The van der Waals surface area contributed by atoms with Gasteiger partial charge in [-0.25, -0.2) is 0 Å². The first-order chi connectivity index (χ1) is 9.18. The van der Waals surface area contributed by atoms with Crippen molar-refractivity contribution < 1.29 is 4.79 Å². The number of amides is 1. The normalized spacial score (nSPS) is 17.3. The summed E-state index contributed by atoms with van der Waals surface area (Å²) in [6, 6.07) is 9.79. The van der Waals surface area contributed by atoms with Crippen molar-refractivity contribution in [1.82, 2.24) is 0 Å². The van der Waals surface area contributed by atoms with E-state index >= 15 is 0 Å². The Hall–Kier alpha value is -1.57. The number of carbonyl (C=O) groups excluding carboxylic acids is 1. The van der Waals surface area contributed by atoms with Crippen LogP contribution in [0.2, 0.25) is 0 Å². The molecule has 0 saturated heterocycles. The van der Waals surface area contributed by atoms with Gasteiger partial charge >= 0.3 is 0 Å². The Balaban J connectivity index is 2.03. The second kappa shape index (κ2) is 6.55. The van der Waals surface area contributed by atoms with Crippen molar-refractivity contribution in [2.24, 2.45) is 5.92 Å². The first-order valence-corrected chi connectivity index (χ1v) is 7.19. The van der Waals surface area contributed by atoms with Crippen molar-refractivity contribution in [1.29, 1.82) is 0 Å². The van der Waals surface area contributed by atoms with Crippen LogP contribution < -0.4 is 4.90 Å². The van der Waals surface area contributed by atoms with Crippen molar-refractivity contribution in [3.8, 4) is 0 Å². The molecule has 0 aromatic heterocycles. The first-order valence-electron chi connectivity index (χ1n) is 7.19. The molecule has 1 amide bonds. The zero-order valence-electron chi connectivity index (χ0n) is 11.9. The molecule has 0 unspecified atom stereocenters. The zero-order chi connectivity index (χ0) is 13.7. The minimum Gasteiger partial charge on any atom is -0.312 e. The first kappa shape index (κ1) is 13.9. The molecular weight excluding hydrogens is 234 g/mol. The van der Waals surface area contributed by atoms with E-state index in [0.717, 1.165) is 5.69 Å². The summed E-state index contributed by atoms with van der Waals surface area (Å²) in [5.74, 6) is 0.691. The van der Waals surface area contributed by atoms with Crippen molar-refractivity contribution >= 4 is 11.6 Å². The lowest BCUT2D eigenvalue weighted by Gasteiger charge is -2.23. The predicted molar refractivity (Wildman–Crippen MR) is 80.2 cm³/mol. The van der Waals surface area contributed by atoms with E-state index < -0.39 is 0 Å². The van der Waals surface area contributed by atoms with Gasteiger partial charge in [0.2, 0.25) is 0 Å². The number of likely N-dealkylation sites (N-methyl/N-ethyl adjacent to an activating group) is 1. The second-order valence-corrected chi connectivity index (χ2v) is 5.46. The van der Waals surface area contributed by atoms with Crippen molar-refractivity contribution in [3.63, 3.8) is 0 Å². The monoisotopic (exact) mass is 257 g/mol. The minimum absolute atomic E-state index is 0.0780. The van der Waals surface area contributed by atoms with E-state index in [1.807, 2.05) is 43.5 Å². The van der Waals surface area contributed by atoms with Crippen molar-refractivity contribution in [3.05, 3.63) is 42.0 Å². The average molecular weight is 257 g/mol. The Morgan fingerprint density at radius 2 is 1.79 bits per heavy atom.